The van der Waals surface area contributed by atoms with Gasteiger partial charge in [-0.1, -0.05) is 5.16 Å². The Morgan fingerprint density at radius 2 is 1.88 bits per heavy atom. The molecule has 0 aliphatic heterocycles. The van der Waals surface area contributed by atoms with Crippen LogP contribution in [0.2, 0.25) is 0 Å². The van der Waals surface area contributed by atoms with Crippen LogP contribution in [0.15, 0.2) is 33.3 Å². The molecule has 0 radical (unpaired) electrons. The molecular formula is C19H20BrN7O6. The Bertz CT molecular complexity index is 1160. The molecule has 2 amide bonds. The first-order chi connectivity index (χ1) is 15.8. The van der Waals surface area contributed by atoms with Gasteiger partial charge in [-0.05, 0) is 59.0 Å². The molecule has 2 aromatic heterocycles. The van der Waals surface area contributed by atoms with Crippen molar-refractivity contribution in [2.75, 3.05) is 19.7 Å². The molecule has 0 saturated heterocycles. The van der Waals surface area contributed by atoms with Crippen molar-refractivity contribution < 1.29 is 23.8 Å². The lowest BCUT2D eigenvalue weighted by Crippen LogP contribution is -2.34. The van der Waals surface area contributed by atoms with E-state index < -0.39 is 10.8 Å². The molecule has 0 aliphatic rings. The van der Waals surface area contributed by atoms with Crippen molar-refractivity contribution in [2.24, 2.45) is 0 Å². The average Bonchev–Trinajstić information content (AvgIpc) is 3.37. The van der Waals surface area contributed by atoms with E-state index in [0.717, 1.165) is 0 Å². The first-order valence-corrected chi connectivity index (χ1v) is 10.6. The summed E-state index contributed by atoms with van der Waals surface area (Å²) in [4.78, 5) is 38.7. The highest BCUT2D eigenvalue weighted by Crippen LogP contribution is 2.27. The maximum atomic E-state index is 12.2. The highest BCUT2D eigenvalue weighted by molar-refractivity contribution is 9.10. The number of nitrogens with one attached hydrogen (secondary N) is 2. The molecule has 0 aliphatic carbocycles. The van der Waals surface area contributed by atoms with Crippen LogP contribution in [-0.2, 0) is 6.54 Å². The largest absolute Gasteiger partial charge is 0.494 e. The topological polar surface area (TPSA) is 167 Å². The standard InChI is InChI=1S/C19H20BrN7O6/c1-3-32-13-6-4-12(5-7-13)17(28)21-8-9-22-18(29)19-23-14(25-33-19)10-26-11(2)15(20)16(24-26)27(30)31/h4-7H,3,8-10H2,1-2H3,(H,21,28)(H,22,29). The summed E-state index contributed by atoms with van der Waals surface area (Å²) in [5.41, 5.74) is 0.966. The number of halogens is 1. The van der Waals surface area contributed by atoms with E-state index in [1.165, 1.54) is 4.68 Å². The summed E-state index contributed by atoms with van der Waals surface area (Å²) in [6, 6.07) is 6.70. The molecule has 0 unspecified atom stereocenters. The van der Waals surface area contributed by atoms with Crippen molar-refractivity contribution in [3.8, 4) is 5.75 Å². The maximum Gasteiger partial charge on any atom is 0.404 e. The van der Waals surface area contributed by atoms with Crippen LogP contribution in [-0.4, -0.2) is 56.4 Å². The summed E-state index contributed by atoms with van der Waals surface area (Å²) in [6.45, 7) is 4.35. The normalized spacial score (nSPS) is 10.6. The van der Waals surface area contributed by atoms with Gasteiger partial charge in [0, 0.05) is 18.7 Å². The Morgan fingerprint density at radius 3 is 2.48 bits per heavy atom. The van der Waals surface area contributed by atoms with Crippen molar-refractivity contribution in [2.45, 2.75) is 20.4 Å². The van der Waals surface area contributed by atoms with Crippen LogP contribution < -0.4 is 15.4 Å². The number of amides is 2. The lowest BCUT2D eigenvalue weighted by molar-refractivity contribution is -0.390. The SMILES string of the molecule is CCOc1ccc(C(=O)NCCNC(=O)c2nc(Cn3nc([N+](=O)[O-])c(Br)c3C)no2)cc1. The van der Waals surface area contributed by atoms with Gasteiger partial charge in [0.1, 0.15) is 16.8 Å². The molecule has 3 rings (SSSR count). The monoisotopic (exact) mass is 521 g/mol. The van der Waals surface area contributed by atoms with Gasteiger partial charge in [0.15, 0.2) is 5.82 Å². The smallest absolute Gasteiger partial charge is 0.404 e. The highest BCUT2D eigenvalue weighted by atomic mass is 79.9. The van der Waals surface area contributed by atoms with Crippen molar-refractivity contribution in [3.05, 3.63) is 61.8 Å². The predicted octanol–water partition coefficient (Wildman–Crippen LogP) is 1.85. The van der Waals surface area contributed by atoms with Crippen LogP contribution in [0, 0.1) is 17.0 Å². The van der Waals surface area contributed by atoms with Crippen LogP contribution >= 0.6 is 15.9 Å². The number of nitrogens with zero attached hydrogens (tertiary/aromatic N) is 5. The van der Waals surface area contributed by atoms with Crippen molar-refractivity contribution >= 4 is 33.6 Å². The average molecular weight is 522 g/mol. The number of nitro groups is 1. The Hall–Kier alpha value is -3.81. The van der Waals surface area contributed by atoms with E-state index >= 15 is 0 Å². The maximum absolute atomic E-state index is 12.2. The molecule has 1 aromatic carbocycles. The van der Waals surface area contributed by atoms with Crippen molar-refractivity contribution in [1.82, 2.24) is 30.6 Å². The minimum absolute atomic E-state index is 0.0206. The Morgan fingerprint density at radius 1 is 1.21 bits per heavy atom. The van der Waals surface area contributed by atoms with Gasteiger partial charge in [-0.3, -0.25) is 9.59 Å². The lowest BCUT2D eigenvalue weighted by atomic mass is 10.2. The van der Waals surface area contributed by atoms with E-state index in [0.29, 0.717) is 23.6 Å². The van der Waals surface area contributed by atoms with Gasteiger partial charge in [0.05, 0.1) is 17.4 Å². The fourth-order valence-electron chi connectivity index (χ4n) is 2.72. The minimum Gasteiger partial charge on any atom is -0.494 e. The first-order valence-electron chi connectivity index (χ1n) is 9.79. The number of ether oxygens (including phenoxy) is 1. The lowest BCUT2D eigenvalue weighted by Gasteiger charge is -2.07. The second-order valence-corrected chi connectivity index (χ2v) is 7.42. The summed E-state index contributed by atoms with van der Waals surface area (Å²) in [5.74, 6) is -0.719. The summed E-state index contributed by atoms with van der Waals surface area (Å²) in [5, 5.41) is 23.8. The molecule has 0 spiro atoms. The van der Waals surface area contributed by atoms with Crippen molar-refractivity contribution in [1.29, 1.82) is 0 Å². The Labute approximate surface area is 195 Å². The van der Waals surface area contributed by atoms with E-state index in [9.17, 15) is 19.7 Å². The van der Waals surface area contributed by atoms with Gasteiger partial charge in [0.25, 0.3) is 5.91 Å². The summed E-state index contributed by atoms with van der Waals surface area (Å²) in [6.07, 6.45) is 0. The number of rotatable bonds is 10. The summed E-state index contributed by atoms with van der Waals surface area (Å²) >= 11 is 3.12. The third-order valence-electron chi connectivity index (χ3n) is 4.37. The fourth-order valence-corrected chi connectivity index (χ4v) is 3.15. The van der Waals surface area contributed by atoms with E-state index in [2.05, 4.69) is 41.8 Å². The number of aromatic nitrogens is 4. The molecular weight excluding hydrogens is 502 g/mol. The molecule has 174 valence electrons. The third-order valence-corrected chi connectivity index (χ3v) is 5.30. The molecule has 33 heavy (non-hydrogen) atoms. The van der Waals surface area contributed by atoms with E-state index in [-0.39, 0.29) is 47.5 Å². The quantitative estimate of drug-likeness (QED) is 0.229. The highest BCUT2D eigenvalue weighted by Gasteiger charge is 2.25. The van der Waals surface area contributed by atoms with Gasteiger partial charge in [-0.2, -0.15) is 9.67 Å². The van der Waals surface area contributed by atoms with E-state index in [1.54, 1.807) is 31.2 Å². The molecule has 0 saturated carbocycles. The van der Waals surface area contributed by atoms with Crippen LogP contribution in [0.3, 0.4) is 0 Å². The zero-order chi connectivity index (χ0) is 24.0. The number of benzene rings is 1. The second-order valence-electron chi connectivity index (χ2n) is 6.62. The molecule has 3 aromatic rings. The number of carbonyl (C=O) groups excluding carboxylic acids is 2. The molecule has 13 nitrogen and oxygen atoms in total. The van der Waals surface area contributed by atoms with Crippen LogP contribution in [0.5, 0.6) is 5.75 Å². The zero-order valence-corrected chi connectivity index (χ0v) is 19.3. The summed E-state index contributed by atoms with van der Waals surface area (Å²) in [7, 11) is 0. The fraction of sp³-hybridized carbons (Fsp3) is 0.316. The first kappa shape index (κ1) is 23.8. The van der Waals surface area contributed by atoms with Crippen LogP contribution in [0.4, 0.5) is 5.82 Å². The van der Waals surface area contributed by atoms with Crippen molar-refractivity contribution in [3.63, 3.8) is 0 Å². The second kappa shape index (κ2) is 10.7. The number of hydrogen-bond donors (Lipinski definition) is 2. The molecule has 2 heterocycles. The van der Waals surface area contributed by atoms with Gasteiger partial charge in [0.2, 0.25) is 0 Å². The van der Waals surface area contributed by atoms with Crippen LogP contribution in [0.1, 0.15) is 39.5 Å². The van der Waals surface area contributed by atoms with Crippen LogP contribution in [0.25, 0.3) is 0 Å². The molecule has 0 atom stereocenters. The predicted molar refractivity (Wildman–Crippen MR) is 117 cm³/mol. The third kappa shape index (κ3) is 5.91. The molecule has 0 bridgehead atoms. The van der Waals surface area contributed by atoms with Gasteiger partial charge < -0.3 is 30.0 Å². The number of carbonyl (C=O) groups is 2. The minimum atomic E-state index is -0.617. The van der Waals surface area contributed by atoms with Gasteiger partial charge >= 0.3 is 17.6 Å². The summed E-state index contributed by atoms with van der Waals surface area (Å²) < 4.78 is 11.8. The van der Waals surface area contributed by atoms with E-state index in [1.807, 2.05) is 6.92 Å². The zero-order valence-electron chi connectivity index (χ0n) is 17.7. The van der Waals surface area contributed by atoms with Gasteiger partial charge in [-0.15, -0.1) is 0 Å². The molecule has 14 heteroatoms. The molecule has 0 fully saturated rings. The Balaban J connectivity index is 1.47. The van der Waals surface area contributed by atoms with E-state index in [4.69, 9.17) is 9.26 Å². The Kier molecular flexibility index (Phi) is 7.71. The van der Waals surface area contributed by atoms with Gasteiger partial charge in [-0.25, -0.2) is 0 Å². The number of hydrogen-bond acceptors (Lipinski definition) is 9. The molecule has 2 N–H and O–H groups in total.